The topological polar surface area (TPSA) is 44.1 Å². The van der Waals surface area contributed by atoms with Crippen LogP contribution < -0.4 is 0 Å². The fourth-order valence-corrected chi connectivity index (χ4v) is 2.84. The standard InChI is InChI=1S/C23H22N2O2/c1-4-11-20-21(16-27-23(26)17(2)3)25(19-14-9-6-10-15-19)22(24-20)18-12-7-5-8-13-18/h4-10,12-15H,1-2,11,16H2,3H3. The Bertz CT molecular complexity index is 957. The molecule has 1 heterocycles. The summed E-state index contributed by atoms with van der Waals surface area (Å²) in [5.41, 5.74) is 3.98. The van der Waals surface area contributed by atoms with Gasteiger partial charge in [0.15, 0.2) is 0 Å². The van der Waals surface area contributed by atoms with E-state index in [0.29, 0.717) is 12.0 Å². The van der Waals surface area contributed by atoms with Crippen LogP contribution in [-0.4, -0.2) is 15.5 Å². The predicted molar refractivity (Wildman–Crippen MR) is 108 cm³/mol. The third-order valence-electron chi connectivity index (χ3n) is 4.13. The average Bonchev–Trinajstić information content (AvgIpc) is 3.06. The quantitative estimate of drug-likeness (QED) is 0.343. The van der Waals surface area contributed by atoms with Gasteiger partial charge in [-0.3, -0.25) is 4.57 Å². The minimum absolute atomic E-state index is 0.115. The van der Waals surface area contributed by atoms with E-state index in [1.165, 1.54) is 0 Å². The summed E-state index contributed by atoms with van der Waals surface area (Å²) in [6.45, 7) is 9.23. The molecule has 0 N–H and O–H groups in total. The molecule has 136 valence electrons. The van der Waals surface area contributed by atoms with Crippen molar-refractivity contribution in [2.24, 2.45) is 0 Å². The van der Waals surface area contributed by atoms with Gasteiger partial charge in [-0.2, -0.15) is 0 Å². The van der Waals surface area contributed by atoms with Crippen LogP contribution in [0.25, 0.3) is 17.1 Å². The number of hydrogen-bond acceptors (Lipinski definition) is 3. The Hall–Kier alpha value is -3.40. The largest absolute Gasteiger partial charge is 0.456 e. The van der Waals surface area contributed by atoms with Gasteiger partial charge in [0.2, 0.25) is 0 Å². The van der Waals surface area contributed by atoms with Gasteiger partial charge in [-0.1, -0.05) is 61.2 Å². The van der Waals surface area contributed by atoms with Crippen LogP contribution in [0.3, 0.4) is 0 Å². The normalized spacial score (nSPS) is 10.4. The number of ether oxygens (including phenoxy) is 1. The Kier molecular flexibility index (Phi) is 5.67. The second-order valence-electron chi connectivity index (χ2n) is 6.22. The number of aromatic nitrogens is 2. The third kappa shape index (κ3) is 4.06. The van der Waals surface area contributed by atoms with Gasteiger partial charge in [-0.05, 0) is 19.1 Å². The summed E-state index contributed by atoms with van der Waals surface area (Å²) >= 11 is 0. The van der Waals surface area contributed by atoms with E-state index in [2.05, 4.69) is 13.2 Å². The molecule has 0 aliphatic rings. The molecule has 0 spiro atoms. The molecule has 4 nitrogen and oxygen atoms in total. The number of para-hydroxylation sites is 1. The first-order valence-electron chi connectivity index (χ1n) is 8.76. The molecule has 0 saturated heterocycles. The zero-order chi connectivity index (χ0) is 19.2. The number of nitrogens with zero attached hydrogens (tertiary/aromatic N) is 2. The van der Waals surface area contributed by atoms with Crippen LogP contribution in [0.15, 0.2) is 85.5 Å². The second-order valence-corrected chi connectivity index (χ2v) is 6.22. The van der Waals surface area contributed by atoms with Crippen molar-refractivity contribution in [1.82, 2.24) is 9.55 Å². The Morgan fingerprint density at radius 2 is 1.74 bits per heavy atom. The predicted octanol–water partition coefficient (Wildman–Crippen LogP) is 4.89. The molecular formula is C23H22N2O2. The maximum atomic E-state index is 11.9. The third-order valence-corrected chi connectivity index (χ3v) is 4.13. The second kappa shape index (κ2) is 8.32. The molecule has 0 amide bonds. The summed E-state index contributed by atoms with van der Waals surface area (Å²) in [6, 6.07) is 19.9. The van der Waals surface area contributed by atoms with Crippen LogP contribution in [0.2, 0.25) is 0 Å². The fourth-order valence-electron chi connectivity index (χ4n) is 2.84. The molecule has 0 unspecified atom stereocenters. The lowest BCUT2D eigenvalue weighted by Gasteiger charge is -2.13. The maximum Gasteiger partial charge on any atom is 0.333 e. The van der Waals surface area contributed by atoms with Crippen LogP contribution >= 0.6 is 0 Å². The van der Waals surface area contributed by atoms with Gasteiger partial charge >= 0.3 is 5.97 Å². The van der Waals surface area contributed by atoms with Gasteiger partial charge in [0, 0.05) is 23.2 Å². The highest BCUT2D eigenvalue weighted by Gasteiger charge is 2.20. The van der Waals surface area contributed by atoms with Crippen molar-refractivity contribution < 1.29 is 9.53 Å². The highest BCUT2D eigenvalue weighted by atomic mass is 16.5. The molecule has 0 fully saturated rings. The fraction of sp³-hybridized carbons (Fsp3) is 0.130. The van der Waals surface area contributed by atoms with Crippen LogP contribution in [0.1, 0.15) is 18.3 Å². The van der Waals surface area contributed by atoms with Gasteiger partial charge in [0.25, 0.3) is 0 Å². The van der Waals surface area contributed by atoms with Crippen molar-refractivity contribution in [2.45, 2.75) is 20.0 Å². The van der Waals surface area contributed by atoms with Crippen molar-refractivity contribution in [1.29, 1.82) is 0 Å². The van der Waals surface area contributed by atoms with Crippen molar-refractivity contribution in [2.75, 3.05) is 0 Å². The minimum Gasteiger partial charge on any atom is -0.456 e. The first-order valence-corrected chi connectivity index (χ1v) is 8.76. The van der Waals surface area contributed by atoms with Gasteiger partial charge in [0.05, 0.1) is 11.4 Å². The summed E-state index contributed by atoms with van der Waals surface area (Å²) in [6.07, 6.45) is 2.39. The van der Waals surface area contributed by atoms with E-state index in [1.807, 2.05) is 65.2 Å². The lowest BCUT2D eigenvalue weighted by molar-refractivity contribution is -0.140. The van der Waals surface area contributed by atoms with Crippen LogP contribution in [0.5, 0.6) is 0 Å². The number of imidazole rings is 1. The summed E-state index contributed by atoms with van der Waals surface area (Å²) in [7, 11) is 0. The molecule has 0 aliphatic carbocycles. The van der Waals surface area contributed by atoms with Crippen molar-refractivity contribution in [3.63, 3.8) is 0 Å². The smallest absolute Gasteiger partial charge is 0.333 e. The molecular weight excluding hydrogens is 336 g/mol. The number of allylic oxidation sites excluding steroid dienone is 1. The summed E-state index contributed by atoms with van der Waals surface area (Å²) < 4.78 is 7.50. The van der Waals surface area contributed by atoms with E-state index in [4.69, 9.17) is 9.72 Å². The lowest BCUT2D eigenvalue weighted by atomic mass is 10.2. The first kappa shape index (κ1) is 18.4. The minimum atomic E-state index is -0.415. The van der Waals surface area contributed by atoms with Crippen molar-refractivity contribution >= 4 is 5.97 Å². The van der Waals surface area contributed by atoms with Crippen LogP contribution in [-0.2, 0) is 22.6 Å². The molecule has 3 rings (SSSR count). The molecule has 0 bridgehead atoms. The molecule has 0 aliphatic heterocycles. The van der Waals surface area contributed by atoms with Crippen molar-refractivity contribution in [3.05, 3.63) is 96.9 Å². The number of esters is 1. The number of hydrogen-bond donors (Lipinski definition) is 0. The van der Waals surface area contributed by atoms with Gasteiger partial charge < -0.3 is 4.74 Å². The Morgan fingerprint density at radius 3 is 2.33 bits per heavy atom. The molecule has 0 saturated carbocycles. The van der Waals surface area contributed by atoms with Crippen LogP contribution in [0.4, 0.5) is 0 Å². The molecule has 3 aromatic rings. The van der Waals surface area contributed by atoms with Gasteiger partial charge in [-0.25, -0.2) is 9.78 Å². The van der Waals surface area contributed by atoms with Gasteiger partial charge in [-0.15, -0.1) is 6.58 Å². The molecule has 1 aromatic heterocycles. The Labute approximate surface area is 159 Å². The van der Waals surface area contributed by atoms with Crippen molar-refractivity contribution in [3.8, 4) is 17.1 Å². The van der Waals surface area contributed by atoms with E-state index in [9.17, 15) is 4.79 Å². The summed E-state index contributed by atoms with van der Waals surface area (Å²) in [5, 5.41) is 0. The zero-order valence-electron chi connectivity index (χ0n) is 15.4. The first-order chi connectivity index (χ1) is 13.1. The zero-order valence-corrected chi connectivity index (χ0v) is 15.4. The highest BCUT2D eigenvalue weighted by molar-refractivity contribution is 5.86. The summed E-state index contributed by atoms with van der Waals surface area (Å²) in [5.74, 6) is 0.390. The van der Waals surface area contributed by atoms with Crippen LogP contribution in [0, 0.1) is 0 Å². The number of carbonyl (C=O) groups is 1. The van der Waals surface area contributed by atoms with E-state index < -0.39 is 5.97 Å². The average molecular weight is 358 g/mol. The summed E-state index contributed by atoms with van der Waals surface area (Å²) in [4.78, 5) is 16.8. The number of benzene rings is 2. The van der Waals surface area contributed by atoms with E-state index in [1.54, 1.807) is 13.0 Å². The highest BCUT2D eigenvalue weighted by Crippen LogP contribution is 2.28. The SMILES string of the molecule is C=CCc1nc(-c2ccccc2)n(-c2ccccc2)c1COC(=O)C(=C)C. The monoisotopic (exact) mass is 358 g/mol. The van der Waals surface area contributed by atoms with E-state index in [-0.39, 0.29) is 6.61 Å². The molecule has 27 heavy (non-hydrogen) atoms. The number of rotatable bonds is 7. The van der Waals surface area contributed by atoms with E-state index >= 15 is 0 Å². The van der Waals surface area contributed by atoms with E-state index in [0.717, 1.165) is 28.5 Å². The Morgan fingerprint density at radius 1 is 1.11 bits per heavy atom. The van der Waals surface area contributed by atoms with Gasteiger partial charge in [0.1, 0.15) is 12.4 Å². The molecule has 0 radical (unpaired) electrons. The molecule has 0 atom stereocenters. The molecule has 2 aromatic carbocycles. The molecule has 4 heteroatoms. The Balaban J connectivity index is 2.16. The maximum absolute atomic E-state index is 11.9. The lowest BCUT2D eigenvalue weighted by Crippen LogP contribution is -2.10. The number of carbonyl (C=O) groups excluding carboxylic acids is 1.